The Morgan fingerprint density at radius 2 is 2.32 bits per heavy atom. The maximum Gasteiger partial charge on any atom is 0.322 e. The van der Waals surface area contributed by atoms with E-state index in [0.29, 0.717) is 18.7 Å². The third-order valence-corrected chi connectivity index (χ3v) is 5.22. The predicted octanol–water partition coefficient (Wildman–Crippen LogP) is 0.456. The minimum absolute atomic E-state index is 0.0373. The SMILES string of the molecule is CCc1ncc(S(=O)(=O)N2CCC(C)C2C(=O)O)[nH]1. The van der Waals surface area contributed by atoms with Crippen molar-refractivity contribution in [3.8, 4) is 0 Å². The van der Waals surface area contributed by atoms with Crippen LogP contribution in [-0.2, 0) is 21.2 Å². The Hall–Kier alpha value is -1.41. The molecule has 8 heteroatoms. The fraction of sp³-hybridized carbons (Fsp3) is 0.636. The Bertz CT molecular complexity index is 581. The molecule has 0 saturated carbocycles. The Labute approximate surface area is 111 Å². The van der Waals surface area contributed by atoms with Gasteiger partial charge < -0.3 is 10.1 Å². The standard InChI is InChI=1S/C11H17N3O4S/c1-3-8-12-6-9(13-8)19(17,18)14-5-4-7(2)10(14)11(15)16/h6-7,10H,3-5H2,1-2H3,(H,12,13)(H,15,16). The van der Waals surface area contributed by atoms with Crippen LogP contribution in [0, 0.1) is 5.92 Å². The molecule has 2 unspecified atom stereocenters. The lowest BCUT2D eigenvalue weighted by Gasteiger charge is -2.21. The van der Waals surface area contributed by atoms with E-state index in [1.807, 2.05) is 6.92 Å². The molecule has 7 nitrogen and oxygen atoms in total. The van der Waals surface area contributed by atoms with E-state index in [1.54, 1.807) is 6.92 Å². The van der Waals surface area contributed by atoms with Crippen molar-refractivity contribution in [2.45, 2.75) is 37.8 Å². The number of sulfonamides is 1. The monoisotopic (exact) mass is 287 g/mol. The molecule has 1 aromatic heterocycles. The van der Waals surface area contributed by atoms with Gasteiger partial charge in [0, 0.05) is 13.0 Å². The number of rotatable bonds is 4. The largest absolute Gasteiger partial charge is 0.480 e. The summed E-state index contributed by atoms with van der Waals surface area (Å²) in [5.41, 5.74) is 0. The zero-order valence-corrected chi connectivity index (χ0v) is 11.6. The molecule has 0 spiro atoms. The molecule has 1 aromatic rings. The highest BCUT2D eigenvalue weighted by atomic mass is 32.2. The number of aromatic nitrogens is 2. The van der Waals surface area contributed by atoms with Crippen molar-refractivity contribution in [1.82, 2.24) is 14.3 Å². The molecule has 1 aliphatic heterocycles. The zero-order chi connectivity index (χ0) is 14.2. The number of hydrogen-bond donors (Lipinski definition) is 2. The van der Waals surface area contributed by atoms with Gasteiger partial charge in [-0.25, -0.2) is 13.4 Å². The maximum absolute atomic E-state index is 12.4. The van der Waals surface area contributed by atoms with Crippen LogP contribution in [0.1, 0.15) is 26.1 Å². The van der Waals surface area contributed by atoms with Crippen molar-refractivity contribution in [2.75, 3.05) is 6.54 Å². The van der Waals surface area contributed by atoms with Crippen LogP contribution in [-0.4, -0.2) is 46.4 Å². The molecule has 2 heterocycles. The predicted molar refractivity (Wildman–Crippen MR) is 67.1 cm³/mol. The van der Waals surface area contributed by atoms with Crippen LogP contribution in [0.3, 0.4) is 0 Å². The highest BCUT2D eigenvalue weighted by molar-refractivity contribution is 7.89. The summed E-state index contributed by atoms with van der Waals surface area (Å²) >= 11 is 0. The first-order valence-electron chi connectivity index (χ1n) is 6.16. The first-order chi connectivity index (χ1) is 8.87. The summed E-state index contributed by atoms with van der Waals surface area (Å²) in [4.78, 5) is 17.9. The average molecular weight is 287 g/mol. The van der Waals surface area contributed by atoms with Gasteiger partial charge in [0.1, 0.15) is 11.9 Å². The van der Waals surface area contributed by atoms with E-state index in [1.165, 1.54) is 6.20 Å². The van der Waals surface area contributed by atoms with Gasteiger partial charge in [0.05, 0.1) is 6.20 Å². The van der Waals surface area contributed by atoms with Gasteiger partial charge in [0.2, 0.25) is 0 Å². The normalized spacial score (nSPS) is 24.7. The van der Waals surface area contributed by atoms with E-state index >= 15 is 0 Å². The third-order valence-electron chi connectivity index (χ3n) is 3.43. The highest BCUT2D eigenvalue weighted by Crippen LogP contribution is 2.29. The zero-order valence-electron chi connectivity index (χ0n) is 10.8. The van der Waals surface area contributed by atoms with Crippen molar-refractivity contribution in [2.24, 2.45) is 5.92 Å². The van der Waals surface area contributed by atoms with E-state index in [4.69, 9.17) is 0 Å². The lowest BCUT2D eigenvalue weighted by molar-refractivity contribution is -0.141. The highest BCUT2D eigenvalue weighted by Gasteiger charge is 2.44. The average Bonchev–Trinajstić information content (AvgIpc) is 2.94. The molecule has 0 radical (unpaired) electrons. The number of aromatic amines is 1. The van der Waals surface area contributed by atoms with Crippen LogP contribution in [0.4, 0.5) is 0 Å². The fourth-order valence-electron chi connectivity index (χ4n) is 2.33. The van der Waals surface area contributed by atoms with Crippen LogP contribution in [0.5, 0.6) is 0 Å². The smallest absolute Gasteiger partial charge is 0.322 e. The number of carbonyl (C=O) groups is 1. The molecular formula is C11H17N3O4S. The summed E-state index contributed by atoms with van der Waals surface area (Å²) in [6, 6.07) is -1.00. The van der Waals surface area contributed by atoms with Gasteiger partial charge >= 0.3 is 5.97 Å². The Kier molecular flexibility index (Phi) is 3.64. The molecule has 0 bridgehead atoms. The number of imidazole rings is 1. The summed E-state index contributed by atoms with van der Waals surface area (Å²) in [6.07, 6.45) is 2.38. The summed E-state index contributed by atoms with van der Waals surface area (Å²) in [6.45, 7) is 3.83. The van der Waals surface area contributed by atoms with Gasteiger partial charge in [0.15, 0.2) is 5.03 Å². The minimum Gasteiger partial charge on any atom is -0.480 e. The molecule has 0 amide bonds. The molecule has 1 aliphatic rings. The number of hydrogen-bond acceptors (Lipinski definition) is 4. The van der Waals surface area contributed by atoms with Crippen LogP contribution in [0.15, 0.2) is 11.2 Å². The van der Waals surface area contributed by atoms with Gasteiger partial charge in [-0.1, -0.05) is 13.8 Å². The fourth-order valence-corrected chi connectivity index (χ4v) is 3.96. The van der Waals surface area contributed by atoms with Crippen LogP contribution in [0.25, 0.3) is 0 Å². The van der Waals surface area contributed by atoms with Gasteiger partial charge in [-0.05, 0) is 12.3 Å². The molecule has 2 atom stereocenters. The quantitative estimate of drug-likeness (QED) is 0.837. The van der Waals surface area contributed by atoms with E-state index in [9.17, 15) is 18.3 Å². The molecule has 0 aliphatic carbocycles. The van der Waals surface area contributed by atoms with Crippen LogP contribution < -0.4 is 0 Å². The Balaban J connectivity index is 2.36. The molecule has 2 rings (SSSR count). The van der Waals surface area contributed by atoms with Crippen molar-refractivity contribution in [1.29, 1.82) is 0 Å². The van der Waals surface area contributed by atoms with E-state index < -0.39 is 22.0 Å². The van der Waals surface area contributed by atoms with Gasteiger partial charge in [-0.15, -0.1) is 0 Å². The van der Waals surface area contributed by atoms with Crippen molar-refractivity contribution >= 4 is 16.0 Å². The number of carboxylic acids is 1. The molecule has 1 fully saturated rings. The summed E-state index contributed by atoms with van der Waals surface area (Å²) in [7, 11) is -3.82. The second-order valence-electron chi connectivity index (χ2n) is 4.71. The molecule has 19 heavy (non-hydrogen) atoms. The van der Waals surface area contributed by atoms with Crippen molar-refractivity contribution in [3.63, 3.8) is 0 Å². The number of nitrogens with zero attached hydrogens (tertiary/aromatic N) is 2. The topological polar surface area (TPSA) is 103 Å². The third kappa shape index (κ3) is 2.37. The number of H-pyrrole nitrogens is 1. The molecule has 106 valence electrons. The summed E-state index contributed by atoms with van der Waals surface area (Å²) in [5.74, 6) is -0.734. The second-order valence-corrected chi connectivity index (χ2v) is 6.57. The maximum atomic E-state index is 12.4. The molecule has 1 saturated heterocycles. The first-order valence-corrected chi connectivity index (χ1v) is 7.60. The molecule has 2 N–H and O–H groups in total. The van der Waals surface area contributed by atoms with Gasteiger partial charge in [-0.3, -0.25) is 4.79 Å². The second kappa shape index (κ2) is 4.93. The lowest BCUT2D eigenvalue weighted by atomic mass is 10.0. The number of aryl methyl sites for hydroxylation is 1. The van der Waals surface area contributed by atoms with Crippen LogP contribution in [0.2, 0.25) is 0 Å². The van der Waals surface area contributed by atoms with E-state index in [0.717, 1.165) is 4.31 Å². The van der Waals surface area contributed by atoms with E-state index in [2.05, 4.69) is 9.97 Å². The van der Waals surface area contributed by atoms with Crippen molar-refractivity contribution in [3.05, 3.63) is 12.0 Å². The van der Waals surface area contributed by atoms with Crippen molar-refractivity contribution < 1.29 is 18.3 Å². The summed E-state index contributed by atoms with van der Waals surface area (Å²) in [5, 5.41) is 9.15. The van der Waals surface area contributed by atoms with Gasteiger partial charge in [0.25, 0.3) is 10.0 Å². The van der Waals surface area contributed by atoms with Gasteiger partial charge in [-0.2, -0.15) is 4.31 Å². The van der Waals surface area contributed by atoms with Crippen LogP contribution >= 0.6 is 0 Å². The molecular weight excluding hydrogens is 270 g/mol. The molecule has 0 aromatic carbocycles. The number of carboxylic acid groups (broad SMARTS) is 1. The number of aliphatic carboxylic acids is 1. The minimum atomic E-state index is -3.82. The number of nitrogens with one attached hydrogen (secondary N) is 1. The lowest BCUT2D eigenvalue weighted by Crippen LogP contribution is -2.42. The first kappa shape index (κ1) is 14.0. The Morgan fingerprint density at radius 3 is 2.84 bits per heavy atom. The van der Waals surface area contributed by atoms with E-state index in [-0.39, 0.29) is 17.5 Å². The Morgan fingerprint density at radius 1 is 1.63 bits per heavy atom. The summed E-state index contributed by atoms with van der Waals surface area (Å²) < 4.78 is 25.9.